The van der Waals surface area contributed by atoms with Crippen LogP contribution in [0.15, 0.2) is 24.3 Å². The molecule has 76 valence electrons. The number of anilines is 1. The van der Waals surface area contributed by atoms with Gasteiger partial charge >= 0.3 is 0 Å². The lowest BCUT2D eigenvalue weighted by Gasteiger charge is -2.22. The summed E-state index contributed by atoms with van der Waals surface area (Å²) in [7, 11) is 0. The SMILES string of the molecule is CCc1ccc(N2CCNC2S)cc1. The Bertz CT molecular complexity index is 297. The predicted octanol–water partition coefficient (Wildman–Crippen LogP) is 1.87. The molecule has 0 aliphatic carbocycles. The van der Waals surface area contributed by atoms with Crippen LogP contribution in [0.2, 0.25) is 0 Å². The molecule has 1 aromatic rings. The molecule has 0 bridgehead atoms. The van der Waals surface area contributed by atoms with Gasteiger partial charge in [0, 0.05) is 18.8 Å². The monoisotopic (exact) mass is 208 g/mol. The molecular weight excluding hydrogens is 192 g/mol. The first-order chi connectivity index (χ1) is 6.81. The van der Waals surface area contributed by atoms with E-state index < -0.39 is 0 Å². The fourth-order valence-electron chi connectivity index (χ4n) is 1.74. The van der Waals surface area contributed by atoms with E-state index in [-0.39, 0.29) is 5.50 Å². The van der Waals surface area contributed by atoms with Gasteiger partial charge in [0.25, 0.3) is 0 Å². The van der Waals surface area contributed by atoms with E-state index in [4.69, 9.17) is 0 Å². The third-order valence-electron chi connectivity index (χ3n) is 2.65. The van der Waals surface area contributed by atoms with Gasteiger partial charge in [0.2, 0.25) is 0 Å². The van der Waals surface area contributed by atoms with Crippen molar-refractivity contribution >= 4 is 18.3 Å². The summed E-state index contributed by atoms with van der Waals surface area (Å²) in [5, 5.41) is 3.29. The second-order valence-corrected chi connectivity index (χ2v) is 4.03. The number of rotatable bonds is 2. The van der Waals surface area contributed by atoms with Crippen molar-refractivity contribution in [3.05, 3.63) is 29.8 Å². The molecule has 1 aliphatic rings. The smallest absolute Gasteiger partial charge is 0.125 e. The van der Waals surface area contributed by atoms with E-state index in [1.165, 1.54) is 11.3 Å². The molecule has 1 atom stereocenters. The van der Waals surface area contributed by atoms with E-state index in [0.717, 1.165) is 19.5 Å². The summed E-state index contributed by atoms with van der Waals surface area (Å²) < 4.78 is 0. The predicted molar refractivity (Wildman–Crippen MR) is 63.9 cm³/mol. The zero-order chi connectivity index (χ0) is 9.97. The number of benzene rings is 1. The first-order valence-corrected chi connectivity index (χ1v) is 5.60. The Morgan fingerprint density at radius 2 is 2.14 bits per heavy atom. The summed E-state index contributed by atoms with van der Waals surface area (Å²) >= 11 is 4.46. The summed E-state index contributed by atoms with van der Waals surface area (Å²) in [4.78, 5) is 2.27. The second-order valence-electron chi connectivity index (χ2n) is 3.54. The molecular formula is C11H16N2S. The van der Waals surface area contributed by atoms with Crippen molar-refractivity contribution in [3.8, 4) is 0 Å². The fourth-order valence-corrected chi connectivity index (χ4v) is 2.12. The van der Waals surface area contributed by atoms with Crippen LogP contribution in [0, 0.1) is 0 Å². The van der Waals surface area contributed by atoms with Crippen molar-refractivity contribution in [1.82, 2.24) is 5.32 Å². The Kier molecular flexibility index (Phi) is 2.99. The molecule has 1 N–H and O–H groups in total. The van der Waals surface area contributed by atoms with Crippen LogP contribution in [0.4, 0.5) is 5.69 Å². The molecule has 3 heteroatoms. The summed E-state index contributed by atoms with van der Waals surface area (Å²) in [6, 6.07) is 8.73. The van der Waals surface area contributed by atoms with Crippen molar-refractivity contribution in [2.75, 3.05) is 18.0 Å². The number of hydrogen-bond acceptors (Lipinski definition) is 3. The Labute approximate surface area is 90.7 Å². The van der Waals surface area contributed by atoms with Gasteiger partial charge in [-0.2, -0.15) is 0 Å². The van der Waals surface area contributed by atoms with Gasteiger partial charge in [0.05, 0.1) is 0 Å². The lowest BCUT2D eigenvalue weighted by atomic mass is 10.1. The van der Waals surface area contributed by atoms with Crippen molar-refractivity contribution in [2.45, 2.75) is 18.8 Å². The Hall–Kier alpha value is -0.670. The molecule has 0 saturated carbocycles. The molecule has 2 rings (SSSR count). The fraction of sp³-hybridized carbons (Fsp3) is 0.455. The van der Waals surface area contributed by atoms with Gasteiger partial charge < -0.3 is 4.90 Å². The first kappa shape index (κ1) is 9.87. The van der Waals surface area contributed by atoms with Crippen LogP contribution in [0.1, 0.15) is 12.5 Å². The minimum atomic E-state index is 0.169. The molecule has 0 aromatic heterocycles. The molecule has 14 heavy (non-hydrogen) atoms. The van der Waals surface area contributed by atoms with Crippen molar-refractivity contribution < 1.29 is 0 Å². The van der Waals surface area contributed by atoms with Gasteiger partial charge in [0.15, 0.2) is 0 Å². The van der Waals surface area contributed by atoms with Gasteiger partial charge in [-0.15, -0.1) is 12.6 Å². The van der Waals surface area contributed by atoms with E-state index in [1.807, 2.05) is 0 Å². The van der Waals surface area contributed by atoms with Crippen molar-refractivity contribution in [2.24, 2.45) is 0 Å². The highest BCUT2D eigenvalue weighted by molar-refractivity contribution is 7.81. The van der Waals surface area contributed by atoms with E-state index in [9.17, 15) is 0 Å². The Morgan fingerprint density at radius 3 is 2.64 bits per heavy atom. The quantitative estimate of drug-likeness (QED) is 0.721. The first-order valence-electron chi connectivity index (χ1n) is 5.08. The minimum Gasteiger partial charge on any atom is -0.346 e. The van der Waals surface area contributed by atoms with Crippen LogP contribution < -0.4 is 10.2 Å². The summed E-state index contributed by atoms with van der Waals surface area (Å²) in [6.07, 6.45) is 1.10. The van der Waals surface area contributed by atoms with Crippen molar-refractivity contribution in [3.63, 3.8) is 0 Å². The third kappa shape index (κ3) is 1.88. The zero-order valence-electron chi connectivity index (χ0n) is 8.40. The Morgan fingerprint density at radius 1 is 1.43 bits per heavy atom. The highest BCUT2D eigenvalue weighted by atomic mass is 32.1. The van der Waals surface area contributed by atoms with Gasteiger partial charge in [-0.05, 0) is 24.1 Å². The van der Waals surface area contributed by atoms with Crippen LogP contribution in [0.25, 0.3) is 0 Å². The van der Waals surface area contributed by atoms with E-state index in [0.29, 0.717) is 0 Å². The van der Waals surface area contributed by atoms with Gasteiger partial charge in [-0.3, -0.25) is 5.32 Å². The van der Waals surface area contributed by atoms with E-state index in [1.54, 1.807) is 0 Å². The van der Waals surface area contributed by atoms with Crippen molar-refractivity contribution in [1.29, 1.82) is 0 Å². The molecule has 0 amide bonds. The zero-order valence-corrected chi connectivity index (χ0v) is 9.30. The third-order valence-corrected chi connectivity index (χ3v) is 3.11. The summed E-state index contributed by atoms with van der Waals surface area (Å²) in [6.45, 7) is 4.23. The number of nitrogens with zero attached hydrogens (tertiary/aromatic N) is 1. The molecule has 1 unspecified atom stereocenters. The lowest BCUT2D eigenvalue weighted by Crippen LogP contribution is -2.30. The van der Waals surface area contributed by atoms with E-state index >= 15 is 0 Å². The molecule has 1 fully saturated rings. The largest absolute Gasteiger partial charge is 0.346 e. The van der Waals surface area contributed by atoms with Crippen LogP contribution in [0.3, 0.4) is 0 Å². The molecule has 1 aromatic carbocycles. The number of thiol groups is 1. The van der Waals surface area contributed by atoms with E-state index in [2.05, 4.69) is 54.0 Å². The maximum atomic E-state index is 4.46. The van der Waals surface area contributed by atoms with Crippen LogP contribution in [0.5, 0.6) is 0 Å². The molecule has 0 spiro atoms. The highest BCUT2D eigenvalue weighted by Gasteiger charge is 2.19. The number of nitrogens with one attached hydrogen (secondary N) is 1. The summed E-state index contributed by atoms with van der Waals surface area (Å²) in [5.41, 5.74) is 2.81. The molecule has 2 nitrogen and oxygen atoms in total. The topological polar surface area (TPSA) is 15.3 Å². The standard InChI is InChI=1S/C11H16N2S/c1-2-9-3-5-10(6-4-9)13-8-7-12-11(13)14/h3-6,11-12,14H,2,7-8H2,1H3. The maximum absolute atomic E-state index is 4.46. The molecule has 0 radical (unpaired) electrons. The average molecular weight is 208 g/mol. The normalized spacial score (nSPS) is 21.6. The van der Waals surface area contributed by atoms with Gasteiger partial charge in [-0.1, -0.05) is 19.1 Å². The van der Waals surface area contributed by atoms with Crippen LogP contribution in [-0.2, 0) is 6.42 Å². The second kappa shape index (κ2) is 4.24. The average Bonchev–Trinajstić information content (AvgIpc) is 2.65. The maximum Gasteiger partial charge on any atom is 0.125 e. The Balaban J connectivity index is 2.16. The van der Waals surface area contributed by atoms with Crippen LogP contribution in [-0.4, -0.2) is 18.6 Å². The summed E-state index contributed by atoms with van der Waals surface area (Å²) in [5.74, 6) is 0. The number of hydrogen-bond donors (Lipinski definition) is 2. The van der Waals surface area contributed by atoms with Gasteiger partial charge in [-0.25, -0.2) is 0 Å². The lowest BCUT2D eigenvalue weighted by molar-refractivity contribution is 0.805. The highest BCUT2D eigenvalue weighted by Crippen LogP contribution is 2.20. The molecule has 1 saturated heterocycles. The minimum absolute atomic E-state index is 0.169. The number of aryl methyl sites for hydroxylation is 1. The molecule has 1 aliphatic heterocycles. The molecule has 1 heterocycles. The van der Waals surface area contributed by atoms with Gasteiger partial charge in [0.1, 0.15) is 5.50 Å². The van der Waals surface area contributed by atoms with Crippen LogP contribution >= 0.6 is 12.6 Å².